The van der Waals surface area contributed by atoms with Gasteiger partial charge in [-0.05, 0) is 47.0 Å². The van der Waals surface area contributed by atoms with Gasteiger partial charge in [-0.3, -0.25) is 14.5 Å². The molecule has 2 aliphatic heterocycles. The number of hydrogen-bond acceptors (Lipinski definition) is 4. The number of hydrogen-bond donors (Lipinski definition) is 1. The third kappa shape index (κ3) is 2.99. The smallest absolute Gasteiger partial charge is 0.251 e. The third-order valence-corrected chi connectivity index (χ3v) is 5.34. The molecule has 0 spiro atoms. The number of carbonyl (C=O) groups is 2. The first-order valence-electron chi connectivity index (χ1n) is 7.21. The molecule has 2 fully saturated rings. The predicted molar refractivity (Wildman–Crippen MR) is 89.6 cm³/mol. The molecule has 0 aliphatic carbocycles. The zero-order valence-electron chi connectivity index (χ0n) is 11.8. The van der Waals surface area contributed by atoms with Gasteiger partial charge in [-0.25, -0.2) is 4.90 Å². The molecule has 22 heavy (non-hydrogen) atoms. The van der Waals surface area contributed by atoms with Crippen LogP contribution in [0.25, 0.3) is 0 Å². The highest BCUT2D eigenvalue weighted by atomic mass is 79.9. The van der Waals surface area contributed by atoms with Crippen molar-refractivity contribution >= 4 is 49.4 Å². The number of anilines is 1. The maximum Gasteiger partial charge on any atom is 0.251 e. The zero-order valence-corrected chi connectivity index (χ0v) is 15.0. The van der Waals surface area contributed by atoms with Gasteiger partial charge in [0.25, 0.3) is 5.91 Å². The number of rotatable bonds is 2. The molecule has 118 valence electrons. The van der Waals surface area contributed by atoms with Crippen molar-refractivity contribution in [2.75, 3.05) is 18.0 Å². The van der Waals surface area contributed by atoms with Gasteiger partial charge in [0.2, 0.25) is 5.91 Å². The average Bonchev–Trinajstić information content (AvgIpc) is 2.76. The topological polar surface area (TPSA) is 60.9 Å². The predicted octanol–water partition coefficient (Wildman–Crippen LogP) is 2.30. The monoisotopic (exact) mass is 430 g/mol. The number of aliphatic hydroxyl groups is 1. The molecule has 1 N–H and O–H groups in total. The van der Waals surface area contributed by atoms with Crippen LogP contribution in [0.3, 0.4) is 0 Å². The van der Waals surface area contributed by atoms with E-state index in [2.05, 4.69) is 31.9 Å². The summed E-state index contributed by atoms with van der Waals surface area (Å²) in [5.41, 5.74) is 0.581. The summed E-state index contributed by atoms with van der Waals surface area (Å²) in [4.78, 5) is 28.3. The van der Waals surface area contributed by atoms with Gasteiger partial charge < -0.3 is 5.11 Å². The Kier molecular flexibility index (Phi) is 4.68. The first kappa shape index (κ1) is 16.1. The van der Waals surface area contributed by atoms with Crippen molar-refractivity contribution in [1.82, 2.24) is 4.90 Å². The normalized spacial score (nSPS) is 24.3. The summed E-state index contributed by atoms with van der Waals surface area (Å²) in [7, 11) is 0. The standard InChI is InChI=1S/C15H16Br2N2O3/c16-9-1-2-12(11(17)7-9)19-14(21)8-13(15(19)22)18-5-3-10(20)4-6-18/h1-2,7,10,13,20H,3-6,8H2. The number of benzene rings is 1. The third-order valence-electron chi connectivity index (χ3n) is 4.21. The van der Waals surface area contributed by atoms with E-state index in [0.29, 0.717) is 36.1 Å². The lowest BCUT2D eigenvalue weighted by Gasteiger charge is -2.32. The molecule has 5 nitrogen and oxygen atoms in total. The van der Waals surface area contributed by atoms with Crippen LogP contribution in [0.4, 0.5) is 5.69 Å². The van der Waals surface area contributed by atoms with Gasteiger partial charge in [0.15, 0.2) is 0 Å². The largest absolute Gasteiger partial charge is 0.393 e. The Labute approximate surface area is 145 Å². The summed E-state index contributed by atoms with van der Waals surface area (Å²) < 4.78 is 1.59. The van der Waals surface area contributed by atoms with Crippen molar-refractivity contribution < 1.29 is 14.7 Å². The van der Waals surface area contributed by atoms with Crippen LogP contribution < -0.4 is 4.90 Å². The van der Waals surface area contributed by atoms with Crippen molar-refractivity contribution in [3.05, 3.63) is 27.1 Å². The minimum absolute atomic E-state index is 0.176. The van der Waals surface area contributed by atoms with E-state index in [-0.39, 0.29) is 24.3 Å². The lowest BCUT2D eigenvalue weighted by atomic mass is 10.1. The molecule has 0 bridgehead atoms. The van der Waals surface area contributed by atoms with E-state index >= 15 is 0 Å². The van der Waals surface area contributed by atoms with E-state index in [9.17, 15) is 14.7 Å². The molecule has 1 aromatic carbocycles. The highest BCUT2D eigenvalue weighted by molar-refractivity contribution is 9.11. The molecule has 1 aromatic rings. The van der Waals surface area contributed by atoms with Crippen LogP contribution in [0.5, 0.6) is 0 Å². The molecule has 2 aliphatic rings. The van der Waals surface area contributed by atoms with E-state index in [1.165, 1.54) is 4.90 Å². The molecule has 0 radical (unpaired) electrons. The highest BCUT2D eigenvalue weighted by Crippen LogP contribution is 2.34. The van der Waals surface area contributed by atoms with E-state index in [1.54, 1.807) is 6.07 Å². The van der Waals surface area contributed by atoms with Gasteiger partial charge >= 0.3 is 0 Å². The Morgan fingerprint density at radius 1 is 1.14 bits per heavy atom. The van der Waals surface area contributed by atoms with Crippen LogP contribution in [0.2, 0.25) is 0 Å². The summed E-state index contributed by atoms with van der Waals surface area (Å²) in [6.45, 7) is 1.31. The van der Waals surface area contributed by atoms with Gasteiger partial charge in [-0.1, -0.05) is 15.9 Å². The molecule has 0 aromatic heterocycles. The van der Waals surface area contributed by atoms with Crippen molar-refractivity contribution in [1.29, 1.82) is 0 Å². The molecule has 1 atom stereocenters. The number of piperidine rings is 1. The maximum absolute atomic E-state index is 12.7. The Morgan fingerprint density at radius 3 is 2.45 bits per heavy atom. The molecule has 7 heteroatoms. The van der Waals surface area contributed by atoms with Crippen LogP contribution in [0, 0.1) is 0 Å². The Bertz CT molecular complexity index is 615. The minimum atomic E-state index is -0.407. The van der Waals surface area contributed by atoms with E-state index < -0.39 is 6.04 Å². The first-order chi connectivity index (χ1) is 10.5. The second-order valence-corrected chi connectivity index (χ2v) is 7.42. The zero-order chi connectivity index (χ0) is 15.9. The van der Waals surface area contributed by atoms with Crippen LogP contribution in [0.15, 0.2) is 27.1 Å². The maximum atomic E-state index is 12.7. The number of nitrogens with zero attached hydrogens (tertiary/aromatic N) is 2. The average molecular weight is 432 g/mol. The number of carbonyl (C=O) groups excluding carboxylic acids is 2. The molecular weight excluding hydrogens is 416 g/mol. The van der Waals surface area contributed by atoms with Gasteiger partial charge in [0, 0.05) is 22.0 Å². The van der Waals surface area contributed by atoms with Gasteiger partial charge in [0.05, 0.1) is 24.3 Å². The van der Waals surface area contributed by atoms with Crippen molar-refractivity contribution in [3.8, 4) is 0 Å². The fraction of sp³-hybridized carbons (Fsp3) is 0.467. The number of halogens is 2. The molecule has 2 heterocycles. The minimum Gasteiger partial charge on any atom is -0.393 e. The van der Waals surface area contributed by atoms with Gasteiger partial charge in [-0.15, -0.1) is 0 Å². The summed E-state index contributed by atoms with van der Waals surface area (Å²) in [6.07, 6.45) is 1.22. The molecule has 2 saturated heterocycles. The van der Waals surface area contributed by atoms with E-state index in [4.69, 9.17) is 0 Å². The van der Waals surface area contributed by atoms with Gasteiger partial charge in [-0.2, -0.15) is 0 Å². The summed E-state index contributed by atoms with van der Waals surface area (Å²) >= 11 is 6.78. The van der Waals surface area contributed by atoms with Crippen molar-refractivity contribution in [2.45, 2.75) is 31.4 Å². The van der Waals surface area contributed by atoms with E-state index in [0.717, 1.165) is 4.47 Å². The van der Waals surface area contributed by atoms with E-state index in [1.807, 2.05) is 17.0 Å². The van der Waals surface area contributed by atoms with Crippen LogP contribution in [-0.4, -0.2) is 47.1 Å². The summed E-state index contributed by atoms with van der Waals surface area (Å²) in [5, 5.41) is 9.58. The molecular formula is C15H16Br2N2O3. The molecule has 0 saturated carbocycles. The number of amides is 2. The second-order valence-electron chi connectivity index (χ2n) is 5.65. The quantitative estimate of drug-likeness (QED) is 0.730. The Morgan fingerprint density at radius 2 is 1.82 bits per heavy atom. The number of likely N-dealkylation sites (tertiary alicyclic amines) is 1. The number of imide groups is 1. The number of aliphatic hydroxyl groups excluding tert-OH is 1. The van der Waals surface area contributed by atoms with Crippen molar-refractivity contribution in [2.24, 2.45) is 0 Å². The molecule has 2 amide bonds. The van der Waals surface area contributed by atoms with Gasteiger partial charge in [0.1, 0.15) is 0 Å². The first-order valence-corrected chi connectivity index (χ1v) is 8.80. The van der Waals surface area contributed by atoms with Crippen LogP contribution >= 0.6 is 31.9 Å². The molecule has 3 rings (SSSR count). The fourth-order valence-corrected chi connectivity index (χ4v) is 4.24. The highest BCUT2D eigenvalue weighted by Gasteiger charge is 2.43. The lowest BCUT2D eigenvalue weighted by Crippen LogP contribution is -2.46. The summed E-state index contributed by atoms with van der Waals surface area (Å²) in [5.74, 6) is -0.353. The second kappa shape index (κ2) is 6.39. The lowest BCUT2D eigenvalue weighted by molar-refractivity contribution is -0.123. The Hall–Kier alpha value is -0.760. The van der Waals surface area contributed by atoms with Crippen LogP contribution in [-0.2, 0) is 9.59 Å². The SMILES string of the molecule is O=C1CC(N2CCC(O)CC2)C(=O)N1c1ccc(Br)cc1Br. The van der Waals surface area contributed by atoms with Crippen LogP contribution in [0.1, 0.15) is 19.3 Å². The van der Waals surface area contributed by atoms with Crippen molar-refractivity contribution in [3.63, 3.8) is 0 Å². The fourth-order valence-electron chi connectivity index (χ4n) is 3.01. The molecule has 1 unspecified atom stereocenters. The summed E-state index contributed by atoms with van der Waals surface area (Å²) in [6, 6.07) is 4.98. The Balaban J connectivity index is 1.82.